The van der Waals surface area contributed by atoms with E-state index in [-0.39, 0.29) is 11.7 Å². The SMILES string of the molecule is Cc1ccc(N(C)S(=O)(=O)CC2CCCNC2)cc1. The molecule has 0 radical (unpaired) electrons. The van der Waals surface area contributed by atoms with E-state index in [1.807, 2.05) is 31.2 Å². The molecule has 0 aliphatic carbocycles. The zero-order valence-electron chi connectivity index (χ0n) is 11.6. The minimum atomic E-state index is -3.23. The van der Waals surface area contributed by atoms with Gasteiger partial charge in [-0.2, -0.15) is 0 Å². The average Bonchev–Trinajstić information content (AvgIpc) is 2.39. The fourth-order valence-electron chi connectivity index (χ4n) is 2.39. The van der Waals surface area contributed by atoms with Gasteiger partial charge in [0, 0.05) is 7.05 Å². The van der Waals surface area contributed by atoms with Crippen molar-refractivity contribution in [2.45, 2.75) is 19.8 Å². The minimum absolute atomic E-state index is 0.227. The van der Waals surface area contributed by atoms with Crippen molar-refractivity contribution < 1.29 is 8.42 Å². The number of hydrogen-bond acceptors (Lipinski definition) is 3. The van der Waals surface area contributed by atoms with E-state index in [0.717, 1.165) is 37.2 Å². The van der Waals surface area contributed by atoms with Gasteiger partial charge in [-0.3, -0.25) is 4.31 Å². The number of aryl methyl sites for hydroxylation is 1. The molecule has 1 aliphatic heterocycles. The minimum Gasteiger partial charge on any atom is -0.316 e. The molecule has 106 valence electrons. The van der Waals surface area contributed by atoms with Gasteiger partial charge in [-0.25, -0.2) is 8.42 Å². The first-order valence-electron chi connectivity index (χ1n) is 6.73. The zero-order valence-corrected chi connectivity index (χ0v) is 12.4. The first-order chi connectivity index (χ1) is 8.99. The van der Waals surface area contributed by atoms with Gasteiger partial charge in [0.15, 0.2) is 0 Å². The summed E-state index contributed by atoms with van der Waals surface area (Å²) in [5.74, 6) is 0.455. The summed E-state index contributed by atoms with van der Waals surface area (Å²) < 4.78 is 26.2. The summed E-state index contributed by atoms with van der Waals surface area (Å²) in [5, 5.41) is 3.26. The summed E-state index contributed by atoms with van der Waals surface area (Å²) in [6.45, 7) is 3.80. The number of hydrogen-bond donors (Lipinski definition) is 1. The highest BCUT2D eigenvalue weighted by molar-refractivity contribution is 7.92. The average molecular weight is 282 g/mol. The summed E-state index contributed by atoms with van der Waals surface area (Å²) in [4.78, 5) is 0. The van der Waals surface area contributed by atoms with Crippen LogP contribution in [-0.4, -0.2) is 34.3 Å². The van der Waals surface area contributed by atoms with Gasteiger partial charge in [0.05, 0.1) is 11.4 Å². The molecule has 1 atom stereocenters. The molecule has 5 heteroatoms. The van der Waals surface area contributed by atoms with Gasteiger partial charge in [-0.05, 0) is 50.9 Å². The van der Waals surface area contributed by atoms with Gasteiger partial charge in [0.25, 0.3) is 0 Å². The molecule has 1 saturated heterocycles. The molecule has 1 N–H and O–H groups in total. The summed E-state index contributed by atoms with van der Waals surface area (Å²) in [7, 11) is -1.60. The Bertz CT molecular complexity index is 505. The van der Waals surface area contributed by atoms with Crippen LogP contribution < -0.4 is 9.62 Å². The van der Waals surface area contributed by atoms with Gasteiger partial charge in [-0.1, -0.05) is 17.7 Å². The fraction of sp³-hybridized carbons (Fsp3) is 0.571. The molecule has 1 aromatic rings. The monoisotopic (exact) mass is 282 g/mol. The Morgan fingerprint density at radius 3 is 2.58 bits per heavy atom. The van der Waals surface area contributed by atoms with E-state index in [0.29, 0.717) is 0 Å². The third-order valence-electron chi connectivity index (χ3n) is 3.66. The van der Waals surface area contributed by atoms with E-state index in [1.54, 1.807) is 7.05 Å². The molecule has 0 amide bonds. The highest BCUT2D eigenvalue weighted by Gasteiger charge is 2.25. The number of piperidine rings is 1. The number of anilines is 1. The topological polar surface area (TPSA) is 49.4 Å². The molecular formula is C14H22N2O2S. The van der Waals surface area contributed by atoms with Crippen LogP contribution in [0.3, 0.4) is 0 Å². The van der Waals surface area contributed by atoms with Gasteiger partial charge < -0.3 is 5.32 Å². The summed E-state index contributed by atoms with van der Waals surface area (Å²) >= 11 is 0. The molecule has 19 heavy (non-hydrogen) atoms. The van der Waals surface area contributed by atoms with E-state index in [4.69, 9.17) is 0 Å². The number of rotatable bonds is 4. The molecule has 1 aliphatic rings. The Kier molecular flexibility index (Phi) is 4.47. The lowest BCUT2D eigenvalue weighted by molar-refractivity contribution is 0.404. The molecule has 2 rings (SSSR count). The maximum absolute atomic E-state index is 12.4. The van der Waals surface area contributed by atoms with Crippen molar-refractivity contribution in [3.8, 4) is 0 Å². The lowest BCUT2D eigenvalue weighted by Crippen LogP contribution is -2.38. The van der Waals surface area contributed by atoms with Crippen LogP contribution in [0, 0.1) is 12.8 Å². The van der Waals surface area contributed by atoms with Crippen LogP contribution in [0.25, 0.3) is 0 Å². The number of nitrogens with zero attached hydrogens (tertiary/aromatic N) is 1. The predicted molar refractivity (Wildman–Crippen MR) is 79.0 cm³/mol. The Morgan fingerprint density at radius 2 is 2.00 bits per heavy atom. The molecule has 4 nitrogen and oxygen atoms in total. The first-order valence-corrected chi connectivity index (χ1v) is 8.34. The first kappa shape index (κ1) is 14.3. The van der Waals surface area contributed by atoms with E-state index < -0.39 is 10.0 Å². The predicted octanol–water partition coefficient (Wildman–Crippen LogP) is 1.76. The third-order valence-corrected chi connectivity index (χ3v) is 5.60. The highest BCUT2D eigenvalue weighted by Crippen LogP contribution is 2.20. The highest BCUT2D eigenvalue weighted by atomic mass is 32.2. The van der Waals surface area contributed by atoms with Crippen LogP contribution in [0.4, 0.5) is 5.69 Å². The number of sulfonamides is 1. The number of benzene rings is 1. The van der Waals surface area contributed by atoms with Crippen molar-refractivity contribution in [2.75, 3.05) is 30.2 Å². The molecule has 0 bridgehead atoms. The molecule has 0 aromatic heterocycles. The van der Waals surface area contributed by atoms with Crippen molar-refractivity contribution in [3.63, 3.8) is 0 Å². The van der Waals surface area contributed by atoms with Crippen molar-refractivity contribution >= 4 is 15.7 Å². The Labute approximate surface area is 115 Å². The molecule has 1 unspecified atom stereocenters. The molecule has 0 spiro atoms. The second-order valence-electron chi connectivity index (χ2n) is 5.29. The maximum Gasteiger partial charge on any atom is 0.235 e. The maximum atomic E-state index is 12.4. The molecule has 0 saturated carbocycles. The fourth-order valence-corrected chi connectivity index (χ4v) is 3.94. The Balaban J connectivity index is 2.07. The Morgan fingerprint density at radius 1 is 1.32 bits per heavy atom. The van der Waals surface area contributed by atoms with Crippen LogP contribution in [0.5, 0.6) is 0 Å². The van der Waals surface area contributed by atoms with E-state index in [9.17, 15) is 8.42 Å². The normalized spacial score (nSPS) is 20.2. The molecular weight excluding hydrogens is 260 g/mol. The van der Waals surface area contributed by atoms with Crippen LogP contribution >= 0.6 is 0 Å². The second-order valence-corrected chi connectivity index (χ2v) is 7.34. The van der Waals surface area contributed by atoms with Crippen LogP contribution in [-0.2, 0) is 10.0 Å². The lowest BCUT2D eigenvalue weighted by Gasteiger charge is -2.26. The Hall–Kier alpha value is -1.07. The van der Waals surface area contributed by atoms with E-state index >= 15 is 0 Å². The van der Waals surface area contributed by atoms with E-state index in [2.05, 4.69) is 5.32 Å². The zero-order chi connectivity index (χ0) is 13.9. The van der Waals surface area contributed by atoms with Gasteiger partial charge in [0.2, 0.25) is 10.0 Å². The molecule has 1 fully saturated rings. The summed E-state index contributed by atoms with van der Waals surface area (Å²) in [5.41, 5.74) is 1.86. The molecule has 1 aromatic carbocycles. The van der Waals surface area contributed by atoms with Crippen LogP contribution in [0.15, 0.2) is 24.3 Å². The molecule has 1 heterocycles. The van der Waals surface area contributed by atoms with E-state index in [1.165, 1.54) is 4.31 Å². The largest absolute Gasteiger partial charge is 0.316 e. The van der Waals surface area contributed by atoms with Crippen LogP contribution in [0.2, 0.25) is 0 Å². The van der Waals surface area contributed by atoms with Gasteiger partial charge >= 0.3 is 0 Å². The van der Waals surface area contributed by atoms with Gasteiger partial charge in [0.1, 0.15) is 0 Å². The lowest BCUT2D eigenvalue weighted by atomic mass is 10.0. The second kappa shape index (κ2) is 5.92. The van der Waals surface area contributed by atoms with Crippen molar-refractivity contribution in [2.24, 2.45) is 5.92 Å². The smallest absolute Gasteiger partial charge is 0.235 e. The van der Waals surface area contributed by atoms with Crippen molar-refractivity contribution in [3.05, 3.63) is 29.8 Å². The quantitative estimate of drug-likeness (QED) is 0.915. The van der Waals surface area contributed by atoms with Gasteiger partial charge in [-0.15, -0.1) is 0 Å². The third kappa shape index (κ3) is 3.70. The number of nitrogens with one attached hydrogen (secondary N) is 1. The van der Waals surface area contributed by atoms with Crippen LogP contribution in [0.1, 0.15) is 18.4 Å². The summed E-state index contributed by atoms with van der Waals surface area (Å²) in [6, 6.07) is 7.57. The van der Waals surface area contributed by atoms with Crippen molar-refractivity contribution in [1.82, 2.24) is 5.32 Å². The van der Waals surface area contributed by atoms with Crippen molar-refractivity contribution in [1.29, 1.82) is 0 Å². The standard InChI is InChI=1S/C14H22N2O2S/c1-12-5-7-14(8-6-12)16(2)19(17,18)11-13-4-3-9-15-10-13/h5-8,13,15H,3-4,9-11H2,1-2H3. The summed E-state index contributed by atoms with van der Waals surface area (Å²) in [6.07, 6.45) is 2.06.